The lowest BCUT2D eigenvalue weighted by molar-refractivity contribution is -0.461. The fourth-order valence-electron chi connectivity index (χ4n) is 2.64. The van der Waals surface area contributed by atoms with Gasteiger partial charge in [-0.1, -0.05) is 25.2 Å². The van der Waals surface area contributed by atoms with E-state index >= 15 is 0 Å². The number of hydrogen-bond donors (Lipinski definition) is 0. The summed E-state index contributed by atoms with van der Waals surface area (Å²) < 4.78 is 224. The smallest absolute Gasteiger partial charge is 0.200 e. The molecule has 0 heterocycles. The minimum absolute atomic E-state index is 0.192. The van der Waals surface area contributed by atoms with Gasteiger partial charge in [0.2, 0.25) is 0 Å². The van der Waals surface area contributed by atoms with E-state index in [2.05, 4.69) is 6.58 Å². The Balaban J connectivity index is 6.32. The lowest BCUT2D eigenvalue weighted by atomic mass is 9.88. The van der Waals surface area contributed by atoms with Crippen LogP contribution in [0, 0.1) is 0 Å². The summed E-state index contributed by atoms with van der Waals surface area (Å²) >= 11 is 0. The van der Waals surface area contributed by atoms with E-state index in [4.69, 9.17) is 0 Å². The first-order valence-electron chi connectivity index (χ1n) is 8.84. The van der Waals surface area contributed by atoms with Crippen molar-refractivity contribution in [3.05, 3.63) is 12.7 Å². The molecule has 0 saturated carbocycles. The maximum Gasteiger partial charge on any atom is 0.460 e. The molecule has 0 unspecified atom stereocenters. The molecule has 0 nitrogen and oxygen atoms in total. The van der Waals surface area contributed by atoms with E-state index in [-0.39, 0.29) is 12.1 Å². The molecule has 0 spiro atoms. The van der Waals surface area contributed by atoms with Crippen LogP contribution in [-0.2, 0) is 0 Å². The molecule has 0 N–H and O–H groups in total. The van der Waals surface area contributed by atoms with Crippen molar-refractivity contribution in [3.8, 4) is 0 Å². The Morgan fingerprint density at radius 2 is 0.882 bits per heavy atom. The third-order valence-electron chi connectivity index (χ3n) is 4.83. The van der Waals surface area contributed by atoms with Gasteiger partial charge in [-0.25, -0.2) is 0 Å². The van der Waals surface area contributed by atoms with E-state index < -0.39 is 68.5 Å². The Morgan fingerprint density at radius 3 is 1.21 bits per heavy atom. The van der Waals surface area contributed by atoms with Crippen molar-refractivity contribution in [2.24, 2.45) is 0 Å². The van der Waals surface area contributed by atoms with Crippen LogP contribution in [0.25, 0.3) is 0 Å². The second-order valence-corrected chi connectivity index (χ2v) is 13.4. The van der Waals surface area contributed by atoms with Gasteiger partial charge in [0, 0.05) is 6.42 Å². The summed E-state index contributed by atoms with van der Waals surface area (Å²) in [4.78, 5) is 0. The second kappa shape index (κ2) is 9.01. The quantitative estimate of drug-likeness (QED) is 0.127. The minimum atomic E-state index is -8.58. The van der Waals surface area contributed by atoms with Gasteiger partial charge in [-0.05, 0) is 12.5 Å². The first-order chi connectivity index (χ1) is 14.5. The topological polar surface area (TPSA) is 0 Å². The van der Waals surface area contributed by atoms with Crippen molar-refractivity contribution in [1.82, 2.24) is 0 Å². The Kier molecular flexibility index (Phi) is 8.68. The van der Waals surface area contributed by atoms with Gasteiger partial charge in [-0.2, -0.15) is 74.6 Å². The molecule has 0 bridgehead atoms. The van der Waals surface area contributed by atoms with E-state index in [9.17, 15) is 74.6 Å². The zero-order valence-electron chi connectivity index (χ0n) is 17.0. The SMILES string of the molecule is C=CC[Si](C)(C)CCCC(F)(F)C(F)(F)C(F)(F)C(F)(F)C(F)(F)C(F)(F)C(F)(F)C(F)(F)F. The molecule has 0 aliphatic carbocycles. The van der Waals surface area contributed by atoms with Gasteiger partial charge in [0.25, 0.3) is 0 Å². The summed E-state index contributed by atoms with van der Waals surface area (Å²) in [5.41, 5.74) is 0. The van der Waals surface area contributed by atoms with Crippen LogP contribution in [-0.4, -0.2) is 55.7 Å². The van der Waals surface area contributed by atoms with Gasteiger partial charge in [-0.3, -0.25) is 0 Å². The summed E-state index contributed by atoms with van der Waals surface area (Å²) in [6.07, 6.45) is -9.89. The van der Waals surface area contributed by atoms with Crippen LogP contribution >= 0.6 is 0 Å². The highest BCUT2D eigenvalue weighted by atomic mass is 28.3. The van der Waals surface area contributed by atoms with Crippen molar-refractivity contribution in [2.45, 2.75) is 85.7 Å². The van der Waals surface area contributed by atoms with E-state index in [1.54, 1.807) is 0 Å². The van der Waals surface area contributed by atoms with Crippen LogP contribution in [0.1, 0.15) is 12.8 Å². The lowest BCUT2D eigenvalue weighted by Crippen LogP contribution is -2.74. The molecular weight excluding hydrogens is 543 g/mol. The first-order valence-corrected chi connectivity index (χ1v) is 12.3. The summed E-state index contributed by atoms with van der Waals surface area (Å²) in [6.45, 7) is 6.27. The predicted octanol–water partition coefficient (Wildman–Crippen LogP) is 8.67. The number of rotatable bonds is 12. The van der Waals surface area contributed by atoms with Crippen LogP contribution in [0.4, 0.5) is 74.6 Å². The Bertz CT molecular complexity index is 720. The second-order valence-electron chi connectivity index (χ2n) is 8.16. The summed E-state index contributed by atoms with van der Waals surface area (Å²) in [5, 5.41) is 0. The third kappa shape index (κ3) is 5.01. The van der Waals surface area contributed by atoms with Crippen molar-refractivity contribution >= 4 is 8.07 Å². The standard InChI is InChI=1S/C16H17F17Si/c1-4-7-34(2,3)8-5-6-9(17,18)10(19,20)11(21,22)12(23,24)13(25,26)14(27,28)15(29,30)16(31,32)33/h4H,1,5-8H2,2-3H3. The highest BCUT2D eigenvalue weighted by molar-refractivity contribution is 6.77. The Hall–Kier alpha value is -1.23. The predicted molar refractivity (Wildman–Crippen MR) is 87.2 cm³/mol. The molecule has 0 aromatic carbocycles. The third-order valence-corrected chi connectivity index (χ3v) is 7.93. The maximum absolute atomic E-state index is 13.8. The monoisotopic (exact) mass is 560 g/mol. The number of alkyl halides is 17. The highest BCUT2D eigenvalue weighted by Crippen LogP contribution is 2.64. The van der Waals surface area contributed by atoms with Gasteiger partial charge >= 0.3 is 47.6 Å². The normalized spacial score (nSPS) is 16.1. The molecule has 34 heavy (non-hydrogen) atoms. The molecule has 204 valence electrons. The maximum atomic E-state index is 13.8. The molecule has 0 aliphatic heterocycles. The van der Waals surface area contributed by atoms with Crippen molar-refractivity contribution in [3.63, 3.8) is 0 Å². The van der Waals surface area contributed by atoms with Gasteiger partial charge in [0.1, 0.15) is 0 Å². The Morgan fingerprint density at radius 1 is 0.559 bits per heavy atom. The van der Waals surface area contributed by atoms with Gasteiger partial charge in [0.05, 0.1) is 8.07 Å². The zero-order valence-corrected chi connectivity index (χ0v) is 18.0. The van der Waals surface area contributed by atoms with Crippen LogP contribution in [0.15, 0.2) is 12.7 Å². The molecule has 0 aromatic rings. The van der Waals surface area contributed by atoms with Crippen LogP contribution < -0.4 is 0 Å². The van der Waals surface area contributed by atoms with Crippen molar-refractivity contribution in [2.75, 3.05) is 0 Å². The van der Waals surface area contributed by atoms with Crippen LogP contribution in [0.3, 0.4) is 0 Å². The average Bonchev–Trinajstić information content (AvgIpc) is 2.59. The van der Waals surface area contributed by atoms with Gasteiger partial charge in [0.15, 0.2) is 0 Å². The summed E-state index contributed by atoms with van der Waals surface area (Å²) in [5.74, 6) is -55.8. The first kappa shape index (κ1) is 32.8. The number of hydrogen-bond acceptors (Lipinski definition) is 0. The molecule has 0 amide bonds. The van der Waals surface area contributed by atoms with Crippen LogP contribution in [0.2, 0.25) is 25.2 Å². The fraction of sp³-hybridized carbons (Fsp3) is 0.875. The van der Waals surface area contributed by atoms with E-state index in [1.807, 2.05) is 0 Å². The molecule has 0 saturated heterocycles. The minimum Gasteiger partial charge on any atom is -0.200 e. The Labute approximate surface area is 182 Å². The molecule has 0 aromatic heterocycles. The summed E-state index contributed by atoms with van der Waals surface area (Å²) in [7, 11) is -2.48. The molecule has 0 fully saturated rings. The fourth-order valence-corrected chi connectivity index (χ4v) is 4.75. The van der Waals surface area contributed by atoms with Gasteiger partial charge < -0.3 is 0 Å². The van der Waals surface area contributed by atoms with E-state index in [0.717, 1.165) is 0 Å². The lowest BCUT2D eigenvalue weighted by Gasteiger charge is -2.42. The average molecular weight is 560 g/mol. The number of halogens is 17. The molecule has 0 rings (SSSR count). The molecular formula is C16H17F17Si. The highest BCUT2D eigenvalue weighted by Gasteiger charge is 2.95. The van der Waals surface area contributed by atoms with Gasteiger partial charge in [-0.15, -0.1) is 6.58 Å². The summed E-state index contributed by atoms with van der Waals surface area (Å²) in [6, 6.07) is -0.142. The van der Waals surface area contributed by atoms with Crippen molar-refractivity contribution < 1.29 is 74.6 Å². The molecule has 0 atom stereocenters. The molecule has 0 aliphatic rings. The molecule has 0 radical (unpaired) electrons. The number of allylic oxidation sites excluding steroid dienone is 1. The largest absolute Gasteiger partial charge is 0.460 e. The molecule has 18 heteroatoms. The van der Waals surface area contributed by atoms with Crippen molar-refractivity contribution in [1.29, 1.82) is 0 Å². The van der Waals surface area contributed by atoms with Crippen LogP contribution in [0.5, 0.6) is 0 Å². The van der Waals surface area contributed by atoms with E-state index in [0.29, 0.717) is 0 Å². The zero-order chi connectivity index (χ0) is 28.0. The van der Waals surface area contributed by atoms with E-state index in [1.165, 1.54) is 19.2 Å².